The molecule has 0 saturated heterocycles. The van der Waals surface area contributed by atoms with Crippen molar-refractivity contribution < 1.29 is 14.6 Å². The summed E-state index contributed by atoms with van der Waals surface area (Å²) in [4.78, 5) is 11.0. The van der Waals surface area contributed by atoms with Crippen LogP contribution in [0.3, 0.4) is 0 Å². The van der Waals surface area contributed by atoms with Crippen LogP contribution in [0.2, 0.25) is 0 Å². The number of fused-ring (bicyclic) bond motifs is 1. The Kier molecular flexibility index (Phi) is 1.70. The highest BCUT2D eigenvalue weighted by molar-refractivity contribution is 5.86. The fourth-order valence-corrected chi connectivity index (χ4v) is 1.33. The van der Waals surface area contributed by atoms with Gasteiger partial charge in [-0.3, -0.25) is 0 Å². The molecule has 0 amide bonds. The van der Waals surface area contributed by atoms with E-state index in [4.69, 9.17) is 4.42 Å². The first-order valence-electron chi connectivity index (χ1n) is 4.05. The van der Waals surface area contributed by atoms with Gasteiger partial charge in [-0.1, -0.05) is 0 Å². The number of phenols is 1. The van der Waals surface area contributed by atoms with Gasteiger partial charge in [0, 0.05) is 5.56 Å². The molecule has 1 aromatic carbocycles. The predicted octanol–water partition coefficient (Wildman–Crippen LogP) is 1.51. The summed E-state index contributed by atoms with van der Waals surface area (Å²) in [6, 6.07) is 3.94. The molecule has 0 aliphatic carbocycles. The van der Waals surface area contributed by atoms with Gasteiger partial charge < -0.3 is 14.6 Å². The van der Waals surface area contributed by atoms with Crippen molar-refractivity contribution in [3.63, 3.8) is 0 Å². The van der Waals surface area contributed by atoms with Gasteiger partial charge in [-0.05, 0) is 19.1 Å². The van der Waals surface area contributed by atoms with Crippen LogP contribution in [0.25, 0.3) is 11.0 Å². The topological polar surface area (TPSA) is 70.7 Å². The summed E-state index contributed by atoms with van der Waals surface area (Å²) in [6.45, 7) is 1.61. The Labute approximate surface area is 79.0 Å². The molecule has 72 valence electrons. The smallest absolute Gasteiger partial charge is 0.339 e. The predicted molar refractivity (Wildman–Crippen MR) is 50.6 cm³/mol. The molecule has 0 aliphatic heterocycles. The van der Waals surface area contributed by atoms with E-state index in [0.29, 0.717) is 10.9 Å². The van der Waals surface area contributed by atoms with E-state index >= 15 is 0 Å². The molecular formula is C10H8O4. The van der Waals surface area contributed by atoms with Gasteiger partial charge in [-0.2, -0.15) is 0 Å². The number of hydrogen-bond donors (Lipinski definition) is 2. The van der Waals surface area contributed by atoms with Crippen LogP contribution in [0.5, 0.6) is 11.5 Å². The zero-order valence-electron chi connectivity index (χ0n) is 7.44. The molecule has 0 aliphatic rings. The second-order valence-corrected chi connectivity index (χ2v) is 3.04. The Bertz CT molecular complexity index is 554. The number of rotatable bonds is 0. The molecule has 0 fully saturated rings. The summed E-state index contributed by atoms with van der Waals surface area (Å²) >= 11 is 0. The fourth-order valence-electron chi connectivity index (χ4n) is 1.33. The largest absolute Gasteiger partial charge is 0.508 e. The maximum atomic E-state index is 11.0. The molecule has 0 saturated carbocycles. The quantitative estimate of drug-likeness (QED) is 0.620. The van der Waals surface area contributed by atoms with Crippen LogP contribution < -0.4 is 5.63 Å². The Morgan fingerprint density at radius 2 is 1.93 bits per heavy atom. The van der Waals surface area contributed by atoms with Crippen LogP contribution in [0.4, 0.5) is 0 Å². The number of phenolic OH excluding ortho intramolecular Hbond substituents is 1. The molecule has 0 unspecified atom stereocenters. The third kappa shape index (κ3) is 1.12. The third-order valence-electron chi connectivity index (χ3n) is 2.11. The van der Waals surface area contributed by atoms with Crippen LogP contribution in [0.15, 0.2) is 27.4 Å². The average molecular weight is 192 g/mol. The lowest BCUT2D eigenvalue weighted by Gasteiger charge is -2.03. The molecule has 4 heteroatoms. The van der Waals surface area contributed by atoms with Gasteiger partial charge >= 0.3 is 5.63 Å². The normalized spacial score (nSPS) is 10.6. The van der Waals surface area contributed by atoms with E-state index in [0.717, 1.165) is 6.07 Å². The standard InChI is InChI=1S/C10H8O4/c1-5-7(11)3-2-6-8(12)4-9(13)14-10(5)6/h2-4,11-12H,1H3. The zero-order valence-corrected chi connectivity index (χ0v) is 7.44. The number of benzene rings is 1. The highest BCUT2D eigenvalue weighted by atomic mass is 16.4. The summed E-state index contributed by atoms with van der Waals surface area (Å²) in [5.74, 6) is -0.106. The van der Waals surface area contributed by atoms with Crippen LogP contribution in [-0.2, 0) is 0 Å². The van der Waals surface area contributed by atoms with Crippen molar-refractivity contribution in [2.45, 2.75) is 6.92 Å². The van der Waals surface area contributed by atoms with Gasteiger partial charge in [-0.25, -0.2) is 4.79 Å². The fraction of sp³-hybridized carbons (Fsp3) is 0.100. The Morgan fingerprint density at radius 1 is 1.21 bits per heavy atom. The number of aromatic hydroxyl groups is 2. The van der Waals surface area contributed by atoms with Crippen LogP contribution >= 0.6 is 0 Å². The van der Waals surface area contributed by atoms with E-state index in [1.807, 2.05) is 0 Å². The lowest BCUT2D eigenvalue weighted by Crippen LogP contribution is -1.96. The lowest BCUT2D eigenvalue weighted by atomic mass is 10.1. The van der Waals surface area contributed by atoms with Crippen molar-refractivity contribution in [1.29, 1.82) is 0 Å². The van der Waals surface area contributed by atoms with Crippen molar-refractivity contribution in [2.75, 3.05) is 0 Å². The minimum absolute atomic E-state index is 0.0336. The molecule has 14 heavy (non-hydrogen) atoms. The average Bonchev–Trinajstić information content (AvgIpc) is 2.12. The summed E-state index contributed by atoms with van der Waals surface area (Å²) in [5.41, 5.74) is 0.0224. The molecule has 2 N–H and O–H groups in total. The Balaban J connectivity index is 3.02. The minimum atomic E-state index is -0.635. The van der Waals surface area contributed by atoms with E-state index in [1.54, 1.807) is 6.92 Å². The van der Waals surface area contributed by atoms with Crippen molar-refractivity contribution in [3.8, 4) is 11.5 Å². The van der Waals surface area contributed by atoms with Gasteiger partial charge in [0.1, 0.15) is 17.1 Å². The summed E-state index contributed by atoms with van der Waals surface area (Å²) < 4.78 is 4.88. The van der Waals surface area contributed by atoms with Crippen molar-refractivity contribution in [3.05, 3.63) is 34.2 Å². The summed E-state index contributed by atoms with van der Waals surface area (Å²) in [7, 11) is 0. The minimum Gasteiger partial charge on any atom is -0.508 e. The molecule has 0 atom stereocenters. The second kappa shape index (κ2) is 2.77. The van der Waals surface area contributed by atoms with Crippen molar-refractivity contribution in [2.24, 2.45) is 0 Å². The zero-order chi connectivity index (χ0) is 10.3. The van der Waals surface area contributed by atoms with Crippen molar-refractivity contribution in [1.82, 2.24) is 0 Å². The van der Waals surface area contributed by atoms with Gasteiger partial charge in [0.25, 0.3) is 0 Å². The summed E-state index contributed by atoms with van der Waals surface area (Å²) in [6.07, 6.45) is 0. The number of aryl methyl sites for hydroxylation is 1. The highest BCUT2D eigenvalue weighted by Crippen LogP contribution is 2.29. The monoisotopic (exact) mass is 192 g/mol. The lowest BCUT2D eigenvalue weighted by molar-refractivity contribution is 0.459. The number of hydrogen-bond acceptors (Lipinski definition) is 4. The van der Waals surface area contributed by atoms with Gasteiger partial charge in [0.05, 0.1) is 11.5 Å². The van der Waals surface area contributed by atoms with Crippen molar-refractivity contribution >= 4 is 11.0 Å². The maximum absolute atomic E-state index is 11.0. The first-order valence-corrected chi connectivity index (χ1v) is 4.05. The van der Waals surface area contributed by atoms with Crippen LogP contribution in [0, 0.1) is 6.92 Å². The molecule has 1 aromatic heterocycles. The molecule has 2 aromatic rings. The molecule has 0 spiro atoms. The first kappa shape index (κ1) is 8.62. The summed E-state index contributed by atoms with van der Waals surface area (Å²) in [5, 5.41) is 19.2. The van der Waals surface area contributed by atoms with Gasteiger partial charge in [-0.15, -0.1) is 0 Å². The second-order valence-electron chi connectivity index (χ2n) is 3.04. The van der Waals surface area contributed by atoms with E-state index in [1.165, 1.54) is 12.1 Å². The molecule has 0 bridgehead atoms. The third-order valence-corrected chi connectivity index (χ3v) is 2.11. The molecule has 1 heterocycles. The van der Waals surface area contributed by atoms with Gasteiger partial charge in [0.2, 0.25) is 0 Å². The van der Waals surface area contributed by atoms with E-state index in [9.17, 15) is 15.0 Å². The van der Waals surface area contributed by atoms with Gasteiger partial charge in [0.15, 0.2) is 0 Å². The van der Waals surface area contributed by atoms with E-state index in [2.05, 4.69) is 0 Å². The SMILES string of the molecule is Cc1c(O)ccc2c(O)cc(=O)oc12. The molecular weight excluding hydrogens is 184 g/mol. The van der Waals surface area contributed by atoms with E-state index in [-0.39, 0.29) is 17.1 Å². The Morgan fingerprint density at radius 3 is 2.64 bits per heavy atom. The highest BCUT2D eigenvalue weighted by Gasteiger charge is 2.09. The molecule has 0 radical (unpaired) electrons. The molecule has 2 rings (SSSR count). The van der Waals surface area contributed by atoms with Crippen LogP contribution in [0.1, 0.15) is 5.56 Å². The maximum Gasteiger partial charge on any atom is 0.339 e. The molecule has 4 nitrogen and oxygen atoms in total. The Hall–Kier alpha value is -1.97. The first-order chi connectivity index (χ1) is 6.59. The van der Waals surface area contributed by atoms with Crippen LogP contribution in [-0.4, -0.2) is 10.2 Å². The van der Waals surface area contributed by atoms with E-state index < -0.39 is 5.63 Å².